The van der Waals surface area contributed by atoms with Crippen LogP contribution in [0.4, 0.5) is 0 Å². The van der Waals surface area contributed by atoms with E-state index in [4.69, 9.17) is 17.3 Å². The summed E-state index contributed by atoms with van der Waals surface area (Å²) in [6.07, 6.45) is 2.90. The molecule has 0 bridgehead atoms. The van der Waals surface area contributed by atoms with Crippen molar-refractivity contribution in [2.45, 2.75) is 0 Å². The molecular formula is C9H7BrClNO. The van der Waals surface area contributed by atoms with Gasteiger partial charge in [0.1, 0.15) is 0 Å². The Morgan fingerprint density at radius 2 is 2.23 bits per heavy atom. The first-order chi connectivity index (χ1) is 6.09. The number of hydrogen-bond donors (Lipinski definition) is 1. The predicted octanol–water partition coefficient (Wildman–Crippen LogP) is 2.60. The second-order valence-electron chi connectivity index (χ2n) is 2.41. The number of rotatable bonds is 2. The third-order valence-electron chi connectivity index (χ3n) is 1.38. The molecule has 0 aliphatic rings. The van der Waals surface area contributed by atoms with Gasteiger partial charge in [0.15, 0.2) is 0 Å². The lowest BCUT2D eigenvalue weighted by Crippen LogP contribution is -2.05. The minimum absolute atomic E-state index is 0.473. The highest BCUT2D eigenvalue weighted by Crippen LogP contribution is 2.23. The monoisotopic (exact) mass is 259 g/mol. The van der Waals surface area contributed by atoms with Crippen LogP contribution in [0.3, 0.4) is 0 Å². The molecule has 0 heterocycles. The lowest BCUT2D eigenvalue weighted by atomic mass is 10.2. The van der Waals surface area contributed by atoms with Gasteiger partial charge in [0.05, 0.1) is 5.02 Å². The second kappa shape index (κ2) is 4.44. The van der Waals surface area contributed by atoms with Gasteiger partial charge in [0.2, 0.25) is 5.91 Å². The van der Waals surface area contributed by atoms with Crippen LogP contribution >= 0.6 is 27.5 Å². The topological polar surface area (TPSA) is 43.1 Å². The van der Waals surface area contributed by atoms with Gasteiger partial charge in [-0.15, -0.1) is 0 Å². The van der Waals surface area contributed by atoms with Crippen LogP contribution < -0.4 is 5.73 Å². The summed E-state index contributed by atoms with van der Waals surface area (Å²) in [5.41, 5.74) is 5.78. The quantitative estimate of drug-likeness (QED) is 0.816. The normalized spacial score (nSPS) is 10.6. The molecule has 1 amide bonds. The summed E-state index contributed by atoms with van der Waals surface area (Å²) in [6, 6.07) is 5.38. The predicted molar refractivity (Wildman–Crippen MR) is 57.4 cm³/mol. The number of benzene rings is 1. The van der Waals surface area contributed by atoms with E-state index >= 15 is 0 Å². The summed E-state index contributed by atoms with van der Waals surface area (Å²) in [7, 11) is 0. The first kappa shape index (κ1) is 10.3. The Kier molecular flexibility index (Phi) is 3.51. The van der Waals surface area contributed by atoms with Crippen LogP contribution in [-0.2, 0) is 4.79 Å². The lowest BCUT2D eigenvalue weighted by Gasteiger charge is -1.96. The maximum Gasteiger partial charge on any atom is 0.241 e. The Bertz CT molecular complexity index is 363. The molecule has 0 saturated heterocycles. The maximum absolute atomic E-state index is 10.4. The van der Waals surface area contributed by atoms with Gasteiger partial charge in [0.25, 0.3) is 0 Å². The average Bonchev–Trinajstić information content (AvgIpc) is 2.07. The fraction of sp³-hybridized carbons (Fsp3) is 0. The van der Waals surface area contributed by atoms with Crippen LogP contribution in [-0.4, -0.2) is 5.91 Å². The van der Waals surface area contributed by atoms with E-state index in [0.29, 0.717) is 5.02 Å². The zero-order valence-corrected chi connectivity index (χ0v) is 8.97. The van der Waals surface area contributed by atoms with Crippen LogP contribution in [0.2, 0.25) is 5.02 Å². The molecular weight excluding hydrogens is 253 g/mol. The molecule has 0 unspecified atom stereocenters. The van der Waals surface area contributed by atoms with Gasteiger partial charge in [0, 0.05) is 10.5 Å². The molecule has 2 N–H and O–H groups in total. The molecule has 0 aromatic heterocycles. The number of amides is 1. The van der Waals surface area contributed by atoms with E-state index in [1.807, 2.05) is 12.1 Å². The van der Waals surface area contributed by atoms with Crippen molar-refractivity contribution >= 4 is 39.5 Å². The molecule has 1 rings (SSSR count). The number of halogens is 2. The van der Waals surface area contributed by atoms with Gasteiger partial charge >= 0.3 is 0 Å². The van der Waals surface area contributed by atoms with Crippen molar-refractivity contribution in [3.63, 3.8) is 0 Å². The number of nitrogens with two attached hydrogens (primary N) is 1. The summed E-state index contributed by atoms with van der Waals surface area (Å²) < 4.78 is 0.824. The standard InChI is InChI=1S/C9H7BrClNO/c10-7-3-1-6(5-8(7)11)2-4-9(12)13/h1-5H,(H2,12,13). The molecule has 0 aliphatic heterocycles. The van der Waals surface area contributed by atoms with E-state index < -0.39 is 5.91 Å². The first-order valence-electron chi connectivity index (χ1n) is 3.52. The van der Waals surface area contributed by atoms with E-state index in [2.05, 4.69) is 15.9 Å². The lowest BCUT2D eigenvalue weighted by molar-refractivity contribution is -0.113. The van der Waals surface area contributed by atoms with Gasteiger partial charge in [-0.05, 0) is 39.7 Å². The van der Waals surface area contributed by atoms with Crippen molar-refractivity contribution < 1.29 is 4.79 Å². The van der Waals surface area contributed by atoms with E-state index in [9.17, 15) is 4.79 Å². The Morgan fingerprint density at radius 3 is 2.77 bits per heavy atom. The molecule has 68 valence electrons. The van der Waals surface area contributed by atoms with Crippen molar-refractivity contribution in [2.75, 3.05) is 0 Å². The Labute approximate surface area is 89.5 Å². The van der Waals surface area contributed by atoms with Crippen molar-refractivity contribution in [2.24, 2.45) is 5.73 Å². The van der Waals surface area contributed by atoms with Crippen LogP contribution in [0.15, 0.2) is 28.7 Å². The summed E-state index contributed by atoms with van der Waals surface area (Å²) in [6.45, 7) is 0. The second-order valence-corrected chi connectivity index (χ2v) is 3.67. The molecule has 4 heteroatoms. The summed E-state index contributed by atoms with van der Waals surface area (Å²) in [5, 5.41) is 0.603. The van der Waals surface area contributed by atoms with Crippen molar-refractivity contribution in [1.29, 1.82) is 0 Å². The molecule has 1 aromatic carbocycles. The van der Waals surface area contributed by atoms with E-state index in [1.54, 1.807) is 12.1 Å². The molecule has 13 heavy (non-hydrogen) atoms. The molecule has 1 aromatic rings. The highest BCUT2D eigenvalue weighted by atomic mass is 79.9. The largest absolute Gasteiger partial charge is 0.366 e. The van der Waals surface area contributed by atoms with Crippen LogP contribution in [0, 0.1) is 0 Å². The molecule has 0 radical (unpaired) electrons. The molecule has 0 fully saturated rings. The van der Waals surface area contributed by atoms with Crippen molar-refractivity contribution in [3.8, 4) is 0 Å². The number of primary amides is 1. The Balaban J connectivity index is 2.92. The molecule has 0 spiro atoms. The average molecular weight is 261 g/mol. The van der Waals surface area contributed by atoms with E-state index in [0.717, 1.165) is 10.0 Å². The molecule has 0 atom stereocenters. The van der Waals surface area contributed by atoms with Crippen LogP contribution in [0.1, 0.15) is 5.56 Å². The Morgan fingerprint density at radius 1 is 1.54 bits per heavy atom. The highest BCUT2D eigenvalue weighted by molar-refractivity contribution is 9.10. The van der Waals surface area contributed by atoms with Crippen LogP contribution in [0.25, 0.3) is 6.08 Å². The first-order valence-corrected chi connectivity index (χ1v) is 4.69. The van der Waals surface area contributed by atoms with Gasteiger partial charge < -0.3 is 5.73 Å². The van der Waals surface area contributed by atoms with E-state index in [1.165, 1.54) is 6.08 Å². The highest BCUT2D eigenvalue weighted by Gasteiger charge is 1.96. The maximum atomic E-state index is 10.4. The fourth-order valence-electron chi connectivity index (χ4n) is 0.794. The van der Waals surface area contributed by atoms with E-state index in [-0.39, 0.29) is 0 Å². The minimum atomic E-state index is -0.473. The number of hydrogen-bond acceptors (Lipinski definition) is 1. The van der Waals surface area contributed by atoms with Gasteiger partial charge in [-0.1, -0.05) is 17.7 Å². The molecule has 0 saturated carbocycles. The smallest absolute Gasteiger partial charge is 0.241 e. The summed E-state index contributed by atoms with van der Waals surface area (Å²) in [4.78, 5) is 10.4. The minimum Gasteiger partial charge on any atom is -0.366 e. The Hall–Kier alpha value is -0.800. The molecule has 0 aliphatic carbocycles. The molecule has 2 nitrogen and oxygen atoms in total. The zero-order valence-electron chi connectivity index (χ0n) is 6.63. The van der Waals surface area contributed by atoms with Crippen molar-refractivity contribution in [1.82, 2.24) is 0 Å². The zero-order chi connectivity index (χ0) is 9.84. The van der Waals surface area contributed by atoms with Crippen LogP contribution in [0.5, 0.6) is 0 Å². The third kappa shape index (κ3) is 3.20. The van der Waals surface area contributed by atoms with Gasteiger partial charge in [-0.25, -0.2) is 0 Å². The van der Waals surface area contributed by atoms with Crippen molar-refractivity contribution in [3.05, 3.63) is 39.3 Å². The number of carbonyl (C=O) groups excluding carboxylic acids is 1. The number of carbonyl (C=O) groups is 1. The summed E-state index contributed by atoms with van der Waals surface area (Å²) in [5.74, 6) is -0.473. The van der Waals surface area contributed by atoms with Gasteiger partial charge in [-0.2, -0.15) is 0 Å². The third-order valence-corrected chi connectivity index (χ3v) is 2.62. The fourth-order valence-corrected chi connectivity index (χ4v) is 1.23. The van der Waals surface area contributed by atoms with Gasteiger partial charge in [-0.3, -0.25) is 4.79 Å². The summed E-state index contributed by atoms with van der Waals surface area (Å²) >= 11 is 9.09. The SMILES string of the molecule is NC(=O)C=Cc1ccc(Br)c(Cl)c1.